The predicted molar refractivity (Wildman–Crippen MR) is 75.2 cm³/mol. The highest BCUT2D eigenvalue weighted by Crippen LogP contribution is 2.10. The van der Waals surface area contributed by atoms with Crippen LogP contribution >= 0.6 is 0 Å². The Kier molecular flexibility index (Phi) is 8.95. The van der Waals surface area contributed by atoms with Gasteiger partial charge >= 0.3 is 5.97 Å². The highest BCUT2D eigenvalue weighted by Gasteiger charge is 2.26. The Balaban J connectivity index is 4.68. The summed E-state index contributed by atoms with van der Waals surface area (Å²) in [5.74, 6) is -0.990. The summed E-state index contributed by atoms with van der Waals surface area (Å²) in [6, 6.07) is 0. The van der Waals surface area contributed by atoms with Gasteiger partial charge in [0.25, 0.3) is 10.2 Å². The highest BCUT2D eigenvalue weighted by molar-refractivity contribution is 7.86. The third-order valence-electron chi connectivity index (χ3n) is 2.88. The van der Waals surface area contributed by atoms with Crippen LogP contribution < -0.4 is 0 Å². The zero-order valence-electron chi connectivity index (χ0n) is 12.1. The standard InChI is InChI=1S/C12H26N2O4S/c1-4-6-9-14(10-7-5-2)19(17,18)13(3)11-8-12(15)16/h4-11H2,1-3H3,(H,15,16). The van der Waals surface area contributed by atoms with E-state index in [9.17, 15) is 13.2 Å². The maximum Gasteiger partial charge on any atom is 0.304 e. The molecule has 0 saturated heterocycles. The molecule has 1 N–H and O–H groups in total. The van der Waals surface area contributed by atoms with Crippen molar-refractivity contribution in [3.8, 4) is 0 Å². The normalized spacial score (nSPS) is 12.3. The van der Waals surface area contributed by atoms with E-state index >= 15 is 0 Å². The van der Waals surface area contributed by atoms with Crippen molar-refractivity contribution in [1.29, 1.82) is 0 Å². The first kappa shape index (κ1) is 18.3. The molecule has 0 bridgehead atoms. The molecule has 0 unspecified atom stereocenters. The van der Waals surface area contributed by atoms with E-state index in [-0.39, 0.29) is 13.0 Å². The van der Waals surface area contributed by atoms with Gasteiger partial charge in [-0.2, -0.15) is 17.0 Å². The lowest BCUT2D eigenvalue weighted by Crippen LogP contribution is -2.43. The SMILES string of the molecule is CCCCN(CCCC)S(=O)(=O)N(C)CCC(=O)O. The minimum absolute atomic E-state index is 0.00637. The molecule has 19 heavy (non-hydrogen) atoms. The van der Waals surface area contributed by atoms with Crippen LogP contribution in [0.5, 0.6) is 0 Å². The number of carboxylic acid groups (broad SMARTS) is 1. The van der Waals surface area contributed by atoms with Crippen molar-refractivity contribution in [1.82, 2.24) is 8.61 Å². The zero-order valence-corrected chi connectivity index (χ0v) is 12.9. The number of carbonyl (C=O) groups is 1. The van der Waals surface area contributed by atoms with Crippen molar-refractivity contribution in [2.45, 2.75) is 46.0 Å². The molecule has 0 spiro atoms. The maximum atomic E-state index is 12.3. The molecule has 0 heterocycles. The summed E-state index contributed by atoms with van der Waals surface area (Å²) in [4.78, 5) is 10.5. The lowest BCUT2D eigenvalue weighted by molar-refractivity contribution is -0.137. The van der Waals surface area contributed by atoms with Gasteiger partial charge in [-0.05, 0) is 12.8 Å². The summed E-state index contributed by atoms with van der Waals surface area (Å²) in [5, 5.41) is 8.61. The van der Waals surface area contributed by atoms with Crippen LogP contribution in [0.3, 0.4) is 0 Å². The highest BCUT2D eigenvalue weighted by atomic mass is 32.2. The van der Waals surface area contributed by atoms with Crippen LogP contribution in [0, 0.1) is 0 Å². The minimum atomic E-state index is -3.54. The molecular weight excluding hydrogens is 268 g/mol. The van der Waals surface area contributed by atoms with Gasteiger partial charge in [0.15, 0.2) is 0 Å². The van der Waals surface area contributed by atoms with E-state index in [0.29, 0.717) is 13.1 Å². The third-order valence-corrected chi connectivity index (χ3v) is 4.87. The molecule has 0 rings (SSSR count). The summed E-state index contributed by atoms with van der Waals surface area (Å²) in [6.45, 7) is 5.02. The van der Waals surface area contributed by atoms with Gasteiger partial charge < -0.3 is 5.11 Å². The van der Waals surface area contributed by atoms with E-state index in [1.165, 1.54) is 11.4 Å². The summed E-state index contributed by atoms with van der Waals surface area (Å²) in [6.07, 6.45) is 3.31. The van der Waals surface area contributed by atoms with E-state index in [1.807, 2.05) is 13.8 Å². The van der Waals surface area contributed by atoms with Crippen LogP contribution in [0.25, 0.3) is 0 Å². The molecule has 0 aliphatic carbocycles. The molecule has 0 saturated carbocycles. The summed E-state index contributed by atoms with van der Waals surface area (Å²) in [7, 11) is -2.10. The molecule has 0 aliphatic heterocycles. The van der Waals surface area contributed by atoms with Gasteiger partial charge in [0.2, 0.25) is 0 Å². The Morgan fingerprint density at radius 1 is 1.05 bits per heavy atom. The van der Waals surface area contributed by atoms with Crippen molar-refractivity contribution in [3.05, 3.63) is 0 Å². The van der Waals surface area contributed by atoms with Gasteiger partial charge in [0.05, 0.1) is 6.42 Å². The van der Waals surface area contributed by atoms with E-state index < -0.39 is 16.2 Å². The topological polar surface area (TPSA) is 77.9 Å². The Labute approximate surface area is 116 Å². The quantitative estimate of drug-likeness (QED) is 0.627. The van der Waals surface area contributed by atoms with E-state index in [4.69, 9.17) is 5.11 Å². The second-order valence-electron chi connectivity index (χ2n) is 4.58. The number of hydrogen-bond acceptors (Lipinski definition) is 3. The number of aliphatic carboxylic acids is 1. The molecule has 0 radical (unpaired) electrons. The molecule has 0 aliphatic rings. The molecule has 6 nitrogen and oxygen atoms in total. The molecule has 0 atom stereocenters. The van der Waals surface area contributed by atoms with E-state index in [2.05, 4.69) is 0 Å². The number of rotatable bonds is 11. The van der Waals surface area contributed by atoms with E-state index in [0.717, 1.165) is 30.0 Å². The van der Waals surface area contributed by atoms with Crippen molar-refractivity contribution >= 4 is 16.2 Å². The first-order valence-electron chi connectivity index (χ1n) is 6.79. The summed E-state index contributed by atoms with van der Waals surface area (Å²) >= 11 is 0. The van der Waals surface area contributed by atoms with Crippen LogP contribution in [0.2, 0.25) is 0 Å². The van der Waals surface area contributed by atoms with E-state index in [1.54, 1.807) is 0 Å². The Bertz CT molecular complexity index is 349. The van der Waals surface area contributed by atoms with Gasteiger partial charge in [0, 0.05) is 26.7 Å². The van der Waals surface area contributed by atoms with Crippen LogP contribution in [0.15, 0.2) is 0 Å². The van der Waals surface area contributed by atoms with Crippen molar-refractivity contribution in [3.63, 3.8) is 0 Å². The smallest absolute Gasteiger partial charge is 0.304 e. The van der Waals surface area contributed by atoms with Crippen molar-refractivity contribution in [2.75, 3.05) is 26.7 Å². The van der Waals surface area contributed by atoms with Crippen LogP contribution in [-0.2, 0) is 15.0 Å². The molecule has 0 aromatic carbocycles. The Morgan fingerprint density at radius 2 is 1.53 bits per heavy atom. The Hall–Kier alpha value is -0.660. The zero-order chi connectivity index (χ0) is 14.9. The van der Waals surface area contributed by atoms with Crippen LogP contribution in [0.1, 0.15) is 46.0 Å². The van der Waals surface area contributed by atoms with Crippen molar-refractivity contribution < 1.29 is 18.3 Å². The number of hydrogen-bond donors (Lipinski definition) is 1. The van der Waals surface area contributed by atoms with Gasteiger partial charge in [0.1, 0.15) is 0 Å². The molecule has 0 aromatic rings. The van der Waals surface area contributed by atoms with Gasteiger partial charge in [-0.15, -0.1) is 0 Å². The largest absolute Gasteiger partial charge is 0.481 e. The Morgan fingerprint density at radius 3 is 1.89 bits per heavy atom. The fourth-order valence-electron chi connectivity index (χ4n) is 1.58. The lowest BCUT2D eigenvalue weighted by Gasteiger charge is -2.27. The molecule has 114 valence electrons. The average molecular weight is 294 g/mol. The molecule has 0 fully saturated rings. The van der Waals surface area contributed by atoms with Gasteiger partial charge in [-0.1, -0.05) is 26.7 Å². The fourth-order valence-corrected chi connectivity index (χ4v) is 3.01. The monoisotopic (exact) mass is 294 g/mol. The van der Waals surface area contributed by atoms with Gasteiger partial charge in [-0.3, -0.25) is 4.79 Å². The number of unbranched alkanes of at least 4 members (excludes halogenated alkanes) is 2. The summed E-state index contributed by atoms with van der Waals surface area (Å²) < 4.78 is 27.2. The molecule has 7 heteroatoms. The molecule has 0 amide bonds. The lowest BCUT2D eigenvalue weighted by atomic mass is 10.3. The predicted octanol–water partition coefficient (Wildman–Crippen LogP) is 1.54. The fraction of sp³-hybridized carbons (Fsp3) is 0.917. The molecule has 0 aromatic heterocycles. The second kappa shape index (κ2) is 9.28. The average Bonchev–Trinajstić information content (AvgIpc) is 2.35. The summed E-state index contributed by atoms with van der Waals surface area (Å²) in [5.41, 5.74) is 0. The van der Waals surface area contributed by atoms with Crippen LogP contribution in [-0.4, -0.2) is 54.8 Å². The second-order valence-corrected chi connectivity index (χ2v) is 6.61. The minimum Gasteiger partial charge on any atom is -0.481 e. The van der Waals surface area contributed by atoms with Gasteiger partial charge in [-0.25, -0.2) is 0 Å². The first-order chi connectivity index (χ1) is 8.86. The first-order valence-corrected chi connectivity index (χ1v) is 8.19. The molecular formula is C12H26N2O4S. The number of nitrogens with zero attached hydrogens (tertiary/aromatic N) is 2. The third kappa shape index (κ3) is 6.89. The maximum absolute atomic E-state index is 12.3. The van der Waals surface area contributed by atoms with Crippen LogP contribution in [0.4, 0.5) is 0 Å². The number of carboxylic acids is 1. The van der Waals surface area contributed by atoms with Crippen molar-refractivity contribution in [2.24, 2.45) is 0 Å².